The number of fused-ring (bicyclic) bond motifs is 2. The molecule has 272 valence electrons. The largest absolute Gasteiger partial charge is 0.490 e. The molecule has 3 aliphatic rings. The topological polar surface area (TPSA) is 103 Å². The molecule has 0 amide bonds. The van der Waals surface area contributed by atoms with Gasteiger partial charge in [0, 0.05) is 43.5 Å². The molecule has 2 N–H and O–H groups in total. The van der Waals surface area contributed by atoms with Crippen LogP contribution in [0.25, 0.3) is 0 Å². The number of ether oxygens (including phenoxy) is 3. The highest BCUT2D eigenvalue weighted by Crippen LogP contribution is 2.62. The van der Waals surface area contributed by atoms with E-state index in [-0.39, 0.29) is 42.1 Å². The first-order valence-electron chi connectivity index (χ1n) is 18.3. The summed E-state index contributed by atoms with van der Waals surface area (Å²) in [5.74, 6) is 1.79. The van der Waals surface area contributed by atoms with E-state index in [4.69, 9.17) is 24.2 Å². The Morgan fingerprint density at radius 1 is 1.02 bits per heavy atom. The van der Waals surface area contributed by atoms with Crippen molar-refractivity contribution in [3.63, 3.8) is 0 Å². The minimum Gasteiger partial charge on any atom is -0.490 e. The predicted octanol–water partition coefficient (Wildman–Crippen LogP) is 8.05. The summed E-state index contributed by atoms with van der Waals surface area (Å²) in [4.78, 5) is 10.4. The van der Waals surface area contributed by atoms with Gasteiger partial charge in [0.2, 0.25) is 5.79 Å². The minimum absolute atomic E-state index is 0.0251. The van der Waals surface area contributed by atoms with Gasteiger partial charge in [0.1, 0.15) is 23.7 Å². The van der Waals surface area contributed by atoms with Crippen LogP contribution in [0.5, 0.6) is 11.5 Å². The minimum atomic E-state index is -0.990. The molecule has 1 aliphatic heterocycles. The Balaban J connectivity index is 1.69. The molecule has 1 saturated carbocycles. The third kappa shape index (κ3) is 9.02. The number of rotatable bonds is 19. The number of nitrogens with zero attached hydrogens (tertiary/aromatic N) is 2. The van der Waals surface area contributed by atoms with Crippen LogP contribution in [0.3, 0.4) is 0 Å². The molecule has 6 atom stereocenters. The van der Waals surface area contributed by atoms with Crippen LogP contribution < -0.4 is 9.47 Å². The maximum absolute atomic E-state index is 9.82. The Morgan fingerprint density at radius 2 is 1.76 bits per heavy atom. The molecular weight excluding hydrogens is 649 g/mol. The molecule has 0 bridgehead atoms. The van der Waals surface area contributed by atoms with Crippen molar-refractivity contribution >= 4 is 17.5 Å². The summed E-state index contributed by atoms with van der Waals surface area (Å²) in [5, 5.41) is 24.4. The molecule has 2 aliphatic carbocycles. The van der Waals surface area contributed by atoms with Crippen LogP contribution in [0.2, 0.25) is 0 Å². The van der Waals surface area contributed by atoms with E-state index in [9.17, 15) is 10.2 Å². The van der Waals surface area contributed by atoms with Crippen molar-refractivity contribution in [1.82, 2.24) is 4.98 Å². The summed E-state index contributed by atoms with van der Waals surface area (Å²) in [6.07, 6.45) is 16.4. The van der Waals surface area contributed by atoms with Crippen molar-refractivity contribution < 1.29 is 29.3 Å². The van der Waals surface area contributed by atoms with Gasteiger partial charge in [-0.05, 0) is 112 Å². The molecule has 8 nitrogen and oxygen atoms in total. The van der Waals surface area contributed by atoms with E-state index >= 15 is 0 Å². The number of allylic oxidation sites excluding steroid dienone is 1. The number of hydrogen-bond donors (Lipinski definition) is 2. The lowest BCUT2D eigenvalue weighted by atomic mass is 9.56. The molecule has 1 aromatic heterocycles. The fourth-order valence-corrected chi connectivity index (χ4v) is 9.19. The molecule has 1 aromatic carbocycles. The van der Waals surface area contributed by atoms with Crippen molar-refractivity contribution in [2.24, 2.45) is 22.9 Å². The number of aliphatic hydroxyl groups is 2. The van der Waals surface area contributed by atoms with Crippen LogP contribution in [-0.2, 0) is 16.0 Å². The number of unbranched alkanes of at least 4 members (excludes halogenated alkanes) is 2. The lowest BCUT2D eigenvalue weighted by Gasteiger charge is -2.58. The van der Waals surface area contributed by atoms with E-state index in [1.54, 1.807) is 6.08 Å². The van der Waals surface area contributed by atoms with Crippen LogP contribution in [-0.4, -0.2) is 69.7 Å². The standard InChI is InChI=1S/C41H56N2O6S/c1-6-23-46-31-14-15-36-34(27-31)38-32(13-9-11-22-45)30(12-8-10-21-44)26-33-35(43-49-40(3,4)5)28-37(41(48-36,39(33)38)47-24-7-2)50-25-18-29-16-19-42-20-17-29/h6-7,14-17,19-20,26-27,30,32,37-39,44-45H,1-2,8-13,18,21-25,28H2,3-5H3. The van der Waals surface area contributed by atoms with Gasteiger partial charge in [-0.15, -0.1) is 6.58 Å². The highest BCUT2D eigenvalue weighted by atomic mass is 32.2. The zero-order valence-corrected chi connectivity index (χ0v) is 30.9. The first-order chi connectivity index (χ1) is 24.2. The number of aliphatic hydroxyl groups excluding tert-OH is 2. The van der Waals surface area contributed by atoms with Gasteiger partial charge in [0.25, 0.3) is 0 Å². The molecule has 0 radical (unpaired) electrons. The SMILES string of the molecule is C=CCOc1ccc2c(c1)C1C(CCCCO)C(CCCCO)C=C3C(=NOC(C)(C)C)CC(SCCc4ccncc4)C(OCC=C)(O2)C31. The lowest BCUT2D eigenvalue weighted by Crippen LogP contribution is -2.64. The monoisotopic (exact) mass is 704 g/mol. The third-order valence-electron chi connectivity index (χ3n) is 9.88. The van der Waals surface area contributed by atoms with Gasteiger partial charge >= 0.3 is 0 Å². The zero-order valence-electron chi connectivity index (χ0n) is 30.1. The first kappa shape index (κ1) is 38.1. The van der Waals surface area contributed by atoms with Crippen molar-refractivity contribution in [2.75, 3.05) is 32.2 Å². The van der Waals surface area contributed by atoms with E-state index in [1.165, 1.54) is 5.56 Å². The van der Waals surface area contributed by atoms with Crippen LogP contribution in [0.15, 0.2) is 84.8 Å². The fourth-order valence-electron chi connectivity index (χ4n) is 7.78. The Kier molecular flexibility index (Phi) is 13.6. The highest BCUT2D eigenvalue weighted by molar-refractivity contribution is 8.00. The van der Waals surface area contributed by atoms with Crippen LogP contribution in [0.1, 0.15) is 82.8 Å². The number of hydrogen-bond acceptors (Lipinski definition) is 9. The first-order valence-corrected chi connectivity index (χ1v) is 19.3. The smallest absolute Gasteiger partial charge is 0.230 e. The second-order valence-corrected chi connectivity index (χ2v) is 15.8. The van der Waals surface area contributed by atoms with Gasteiger partial charge in [0.15, 0.2) is 0 Å². The van der Waals surface area contributed by atoms with Gasteiger partial charge in [-0.2, -0.15) is 11.8 Å². The fraction of sp³-hybridized carbons (Fsp3) is 0.561. The van der Waals surface area contributed by atoms with E-state index in [0.717, 1.165) is 79.0 Å². The molecule has 0 spiro atoms. The Bertz CT molecular complexity index is 1470. The van der Waals surface area contributed by atoms with Crippen molar-refractivity contribution in [3.05, 3.63) is 90.8 Å². The predicted molar refractivity (Wildman–Crippen MR) is 202 cm³/mol. The van der Waals surface area contributed by atoms with E-state index in [2.05, 4.69) is 42.4 Å². The summed E-state index contributed by atoms with van der Waals surface area (Å²) in [7, 11) is 0. The number of pyridine rings is 1. The van der Waals surface area contributed by atoms with Crippen molar-refractivity contribution in [2.45, 2.75) is 94.7 Å². The van der Waals surface area contributed by atoms with E-state index in [0.29, 0.717) is 19.6 Å². The summed E-state index contributed by atoms with van der Waals surface area (Å²) >= 11 is 1.87. The third-order valence-corrected chi connectivity index (χ3v) is 11.2. The van der Waals surface area contributed by atoms with E-state index in [1.807, 2.05) is 63.1 Å². The average Bonchev–Trinajstić information content (AvgIpc) is 3.11. The molecule has 9 heteroatoms. The van der Waals surface area contributed by atoms with Crippen molar-refractivity contribution in [3.8, 4) is 11.5 Å². The van der Waals surface area contributed by atoms with Gasteiger partial charge in [-0.25, -0.2) is 0 Å². The number of thioether (sulfide) groups is 1. The molecule has 2 aromatic rings. The van der Waals surface area contributed by atoms with Gasteiger partial charge in [-0.1, -0.05) is 42.8 Å². The second-order valence-electron chi connectivity index (χ2n) is 14.5. The maximum atomic E-state index is 9.82. The molecule has 1 fully saturated rings. The summed E-state index contributed by atoms with van der Waals surface area (Å²) in [6, 6.07) is 10.3. The summed E-state index contributed by atoms with van der Waals surface area (Å²) in [6.45, 7) is 15.0. The second kappa shape index (κ2) is 17.9. The highest BCUT2D eigenvalue weighted by Gasteiger charge is 2.64. The number of benzene rings is 1. The number of aromatic nitrogens is 1. The zero-order chi connectivity index (χ0) is 35.6. The van der Waals surface area contributed by atoms with Crippen molar-refractivity contribution in [1.29, 1.82) is 0 Å². The van der Waals surface area contributed by atoms with Crippen LogP contribution >= 0.6 is 11.8 Å². The molecule has 2 heterocycles. The molecule has 6 unspecified atom stereocenters. The normalized spacial score (nSPS) is 26.3. The molecular formula is C41H56N2O6S. The van der Waals surface area contributed by atoms with E-state index < -0.39 is 11.4 Å². The Labute approximate surface area is 303 Å². The quantitative estimate of drug-likeness (QED) is 0.0861. The number of oxime groups is 1. The Morgan fingerprint density at radius 3 is 2.46 bits per heavy atom. The maximum Gasteiger partial charge on any atom is 0.230 e. The van der Waals surface area contributed by atoms with Gasteiger partial charge < -0.3 is 29.3 Å². The van der Waals surface area contributed by atoms with Crippen LogP contribution in [0, 0.1) is 17.8 Å². The molecule has 0 saturated heterocycles. The molecule has 50 heavy (non-hydrogen) atoms. The summed E-state index contributed by atoms with van der Waals surface area (Å²) in [5.41, 5.74) is 3.97. The van der Waals surface area contributed by atoms with Gasteiger partial charge in [-0.3, -0.25) is 4.98 Å². The Hall–Kier alpha value is -3.11. The number of aryl methyl sites for hydroxylation is 1. The molecule has 5 rings (SSSR count). The average molecular weight is 705 g/mol. The van der Waals surface area contributed by atoms with Gasteiger partial charge in [0.05, 0.1) is 23.5 Å². The van der Waals surface area contributed by atoms with Crippen LogP contribution in [0.4, 0.5) is 0 Å². The summed E-state index contributed by atoms with van der Waals surface area (Å²) < 4.78 is 20.3. The lowest BCUT2D eigenvalue weighted by molar-refractivity contribution is -0.223.